The van der Waals surface area contributed by atoms with Gasteiger partial charge in [-0.1, -0.05) is 12.1 Å². The van der Waals surface area contributed by atoms with Crippen LogP contribution in [-0.2, 0) is 18.3 Å². The highest BCUT2D eigenvalue weighted by molar-refractivity contribution is 5.82. The molecule has 0 spiro atoms. The number of carbonyl (C=O) groups is 1. The van der Waals surface area contributed by atoms with E-state index < -0.39 is 0 Å². The van der Waals surface area contributed by atoms with Crippen LogP contribution < -0.4 is 5.32 Å². The van der Waals surface area contributed by atoms with Crippen molar-refractivity contribution >= 4 is 16.8 Å². The first kappa shape index (κ1) is 11.4. The Balaban J connectivity index is 1.77. The van der Waals surface area contributed by atoms with E-state index >= 15 is 0 Å². The molecule has 4 heteroatoms. The predicted octanol–water partition coefficient (Wildman–Crippen LogP) is 1.29. The van der Waals surface area contributed by atoms with Gasteiger partial charge < -0.3 is 9.88 Å². The molecule has 0 amide bonds. The average Bonchev–Trinajstić information content (AvgIpc) is 2.62. The minimum Gasteiger partial charge on any atom is -0.331 e. The van der Waals surface area contributed by atoms with Crippen molar-refractivity contribution in [2.24, 2.45) is 13.0 Å². The molecule has 0 saturated carbocycles. The summed E-state index contributed by atoms with van der Waals surface area (Å²) in [6.07, 6.45) is 1.12. The number of nitrogens with zero attached hydrogens (tertiary/aromatic N) is 2. The number of ketones is 1. The standard InChI is InChI=1S/C14H17N3O/c1-17-13-5-3-2-4-12(13)16-14(17)7-11(18)6-10-8-15-9-10/h2-5,10,15H,6-9H2,1H3. The van der Waals surface area contributed by atoms with Gasteiger partial charge in [0, 0.05) is 13.5 Å². The molecule has 2 aromatic rings. The minimum atomic E-state index is 0.292. The van der Waals surface area contributed by atoms with Crippen LogP contribution in [0.1, 0.15) is 12.2 Å². The van der Waals surface area contributed by atoms with Crippen molar-refractivity contribution in [3.63, 3.8) is 0 Å². The van der Waals surface area contributed by atoms with E-state index in [0.717, 1.165) is 29.9 Å². The van der Waals surface area contributed by atoms with Crippen LogP contribution in [0.4, 0.5) is 0 Å². The number of carbonyl (C=O) groups excluding carboxylic acids is 1. The van der Waals surface area contributed by atoms with Crippen molar-refractivity contribution in [2.75, 3.05) is 13.1 Å². The van der Waals surface area contributed by atoms with Crippen molar-refractivity contribution < 1.29 is 4.79 Å². The third kappa shape index (κ3) is 2.04. The lowest BCUT2D eigenvalue weighted by atomic mass is 9.95. The van der Waals surface area contributed by atoms with Crippen molar-refractivity contribution in [3.8, 4) is 0 Å². The Labute approximate surface area is 106 Å². The van der Waals surface area contributed by atoms with Crippen molar-refractivity contribution in [1.29, 1.82) is 0 Å². The van der Waals surface area contributed by atoms with Crippen LogP contribution in [0.3, 0.4) is 0 Å². The highest BCUT2D eigenvalue weighted by Crippen LogP contribution is 2.16. The highest BCUT2D eigenvalue weighted by atomic mass is 16.1. The second kappa shape index (κ2) is 4.53. The molecular weight excluding hydrogens is 226 g/mol. The molecule has 1 aliphatic rings. The number of rotatable bonds is 4. The molecule has 0 unspecified atom stereocenters. The number of aromatic nitrogens is 2. The Bertz CT molecular complexity index is 584. The zero-order valence-corrected chi connectivity index (χ0v) is 10.5. The number of hydrogen-bond acceptors (Lipinski definition) is 3. The lowest BCUT2D eigenvalue weighted by molar-refractivity contribution is -0.119. The van der Waals surface area contributed by atoms with Gasteiger partial charge in [-0.3, -0.25) is 4.79 Å². The van der Waals surface area contributed by atoms with Crippen molar-refractivity contribution in [2.45, 2.75) is 12.8 Å². The SMILES string of the molecule is Cn1c(CC(=O)CC2CNC2)nc2ccccc21. The van der Waals surface area contributed by atoms with Crippen LogP contribution in [0.2, 0.25) is 0 Å². The molecule has 18 heavy (non-hydrogen) atoms. The van der Waals surface area contributed by atoms with E-state index in [2.05, 4.69) is 10.3 Å². The van der Waals surface area contributed by atoms with Crippen LogP contribution in [0.15, 0.2) is 24.3 Å². The molecule has 0 aliphatic carbocycles. The van der Waals surface area contributed by atoms with E-state index in [1.165, 1.54) is 0 Å². The second-order valence-electron chi connectivity index (χ2n) is 5.02. The average molecular weight is 243 g/mol. The Hall–Kier alpha value is -1.68. The molecule has 0 radical (unpaired) electrons. The number of hydrogen-bond donors (Lipinski definition) is 1. The molecule has 1 aliphatic heterocycles. The lowest BCUT2D eigenvalue weighted by Gasteiger charge is -2.26. The first-order chi connectivity index (χ1) is 8.74. The van der Waals surface area contributed by atoms with Gasteiger partial charge in [0.15, 0.2) is 0 Å². The number of benzene rings is 1. The summed E-state index contributed by atoms with van der Waals surface area (Å²) in [5.41, 5.74) is 2.05. The summed E-state index contributed by atoms with van der Waals surface area (Å²) in [4.78, 5) is 16.5. The Morgan fingerprint density at radius 2 is 2.22 bits per heavy atom. The molecule has 2 heterocycles. The summed E-state index contributed by atoms with van der Waals surface area (Å²) in [5.74, 6) is 1.69. The molecule has 1 fully saturated rings. The monoisotopic (exact) mass is 243 g/mol. The minimum absolute atomic E-state index is 0.292. The van der Waals surface area contributed by atoms with Crippen LogP contribution in [0.25, 0.3) is 11.0 Å². The first-order valence-corrected chi connectivity index (χ1v) is 6.37. The summed E-state index contributed by atoms with van der Waals surface area (Å²) in [6, 6.07) is 7.99. The number of Topliss-reactive ketones (excluding diaryl/α,β-unsaturated/α-hetero) is 1. The van der Waals surface area contributed by atoms with Gasteiger partial charge in [0.05, 0.1) is 17.5 Å². The normalized spacial score (nSPS) is 15.8. The number of aryl methyl sites for hydroxylation is 1. The molecule has 1 saturated heterocycles. The van der Waals surface area contributed by atoms with Gasteiger partial charge in [-0.05, 0) is 31.1 Å². The maximum absolute atomic E-state index is 12.0. The van der Waals surface area contributed by atoms with Gasteiger partial charge in [0.1, 0.15) is 11.6 Å². The van der Waals surface area contributed by atoms with Gasteiger partial charge in [-0.25, -0.2) is 4.98 Å². The largest absolute Gasteiger partial charge is 0.331 e. The maximum Gasteiger partial charge on any atom is 0.140 e. The zero-order chi connectivity index (χ0) is 12.5. The second-order valence-corrected chi connectivity index (χ2v) is 5.02. The van der Waals surface area contributed by atoms with Gasteiger partial charge in [0.2, 0.25) is 0 Å². The first-order valence-electron chi connectivity index (χ1n) is 6.37. The van der Waals surface area contributed by atoms with E-state index in [-0.39, 0.29) is 0 Å². The van der Waals surface area contributed by atoms with Crippen molar-refractivity contribution in [3.05, 3.63) is 30.1 Å². The summed E-state index contributed by atoms with van der Waals surface area (Å²) in [5, 5.41) is 3.19. The third-order valence-electron chi connectivity index (χ3n) is 3.62. The van der Waals surface area contributed by atoms with Gasteiger partial charge in [-0.2, -0.15) is 0 Å². The summed E-state index contributed by atoms with van der Waals surface area (Å²) in [7, 11) is 1.98. The summed E-state index contributed by atoms with van der Waals surface area (Å²) < 4.78 is 2.02. The number of fused-ring (bicyclic) bond motifs is 1. The highest BCUT2D eigenvalue weighted by Gasteiger charge is 2.21. The summed E-state index contributed by atoms with van der Waals surface area (Å²) in [6.45, 7) is 1.96. The number of imidazole rings is 1. The van der Waals surface area contributed by atoms with Gasteiger partial charge in [0.25, 0.3) is 0 Å². The molecule has 3 rings (SSSR count). The lowest BCUT2D eigenvalue weighted by Crippen LogP contribution is -2.43. The van der Waals surface area contributed by atoms with Crippen LogP contribution in [0.5, 0.6) is 0 Å². The Morgan fingerprint density at radius 1 is 1.44 bits per heavy atom. The number of para-hydroxylation sites is 2. The molecule has 1 aromatic carbocycles. The number of nitrogens with one attached hydrogen (secondary N) is 1. The van der Waals surface area contributed by atoms with Crippen LogP contribution in [0, 0.1) is 5.92 Å². The molecule has 94 valence electrons. The smallest absolute Gasteiger partial charge is 0.140 e. The fourth-order valence-electron chi connectivity index (χ4n) is 2.42. The summed E-state index contributed by atoms with van der Waals surface area (Å²) >= 11 is 0. The maximum atomic E-state index is 12.0. The molecule has 1 N–H and O–H groups in total. The Kier molecular flexibility index (Phi) is 2.88. The fraction of sp³-hybridized carbons (Fsp3) is 0.429. The predicted molar refractivity (Wildman–Crippen MR) is 70.4 cm³/mol. The molecule has 4 nitrogen and oxygen atoms in total. The molecular formula is C14H17N3O. The molecule has 0 bridgehead atoms. The Morgan fingerprint density at radius 3 is 2.89 bits per heavy atom. The van der Waals surface area contributed by atoms with E-state index in [9.17, 15) is 4.79 Å². The van der Waals surface area contributed by atoms with E-state index in [1.807, 2.05) is 35.9 Å². The van der Waals surface area contributed by atoms with E-state index in [0.29, 0.717) is 24.5 Å². The van der Waals surface area contributed by atoms with Crippen LogP contribution >= 0.6 is 0 Å². The zero-order valence-electron chi connectivity index (χ0n) is 10.5. The topological polar surface area (TPSA) is 46.9 Å². The molecule has 1 aromatic heterocycles. The van der Waals surface area contributed by atoms with E-state index in [4.69, 9.17) is 0 Å². The van der Waals surface area contributed by atoms with Crippen LogP contribution in [-0.4, -0.2) is 28.4 Å². The van der Waals surface area contributed by atoms with Crippen molar-refractivity contribution in [1.82, 2.24) is 14.9 Å². The van der Waals surface area contributed by atoms with Gasteiger partial charge >= 0.3 is 0 Å². The van der Waals surface area contributed by atoms with Gasteiger partial charge in [-0.15, -0.1) is 0 Å². The van der Waals surface area contributed by atoms with E-state index in [1.54, 1.807) is 0 Å². The third-order valence-corrected chi connectivity index (χ3v) is 3.62. The molecule has 0 atom stereocenters. The fourth-order valence-corrected chi connectivity index (χ4v) is 2.42. The quantitative estimate of drug-likeness (QED) is 0.880.